The Kier molecular flexibility index (Phi) is 3.08. The molecule has 4 rings (SSSR count). The molecule has 3 saturated carbocycles. The molecule has 4 aliphatic carbocycles. The first-order valence-electron chi connectivity index (χ1n) is 9.22. The van der Waals surface area contributed by atoms with E-state index >= 15 is 0 Å². The lowest BCUT2D eigenvalue weighted by Crippen LogP contribution is -2.48. The molecule has 0 heteroatoms. The fourth-order valence-corrected chi connectivity index (χ4v) is 6.80. The highest BCUT2D eigenvalue weighted by atomic mass is 14.6. The van der Waals surface area contributed by atoms with E-state index < -0.39 is 0 Å². The average Bonchev–Trinajstić information content (AvgIpc) is 2.88. The first kappa shape index (κ1) is 13.9. The van der Waals surface area contributed by atoms with Crippen molar-refractivity contribution in [1.29, 1.82) is 0 Å². The molecule has 3 fully saturated rings. The van der Waals surface area contributed by atoms with Gasteiger partial charge in [0.25, 0.3) is 0 Å². The van der Waals surface area contributed by atoms with E-state index in [9.17, 15) is 0 Å². The SMILES string of the molecule is C#C[C@H]1CC[C@@]2(C)C(=CC[C@H]3[C@@H]4CCC[C@@]4(C)CC[C@@H]32)C1. The number of rotatable bonds is 0. The Morgan fingerprint density at radius 1 is 1.10 bits per heavy atom. The van der Waals surface area contributed by atoms with Gasteiger partial charge in [-0.1, -0.05) is 31.9 Å². The lowest BCUT2D eigenvalue weighted by molar-refractivity contribution is -0.0269. The highest BCUT2D eigenvalue weighted by Gasteiger charge is 2.55. The van der Waals surface area contributed by atoms with Crippen molar-refractivity contribution in [3.8, 4) is 12.3 Å². The van der Waals surface area contributed by atoms with E-state index in [1.807, 2.05) is 0 Å². The highest BCUT2D eigenvalue weighted by molar-refractivity contribution is 5.26. The molecule has 0 aromatic heterocycles. The lowest BCUT2D eigenvalue weighted by Gasteiger charge is -2.57. The molecule has 0 aromatic rings. The fourth-order valence-electron chi connectivity index (χ4n) is 6.80. The van der Waals surface area contributed by atoms with E-state index in [1.54, 1.807) is 5.57 Å². The van der Waals surface area contributed by atoms with Crippen molar-refractivity contribution in [3.05, 3.63) is 11.6 Å². The van der Waals surface area contributed by atoms with E-state index in [1.165, 1.54) is 57.8 Å². The molecule has 4 aliphatic rings. The Hall–Kier alpha value is -0.700. The van der Waals surface area contributed by atoms with Gasteiger partial charge >= 0.3 is 0 Å². The van der Waals surface area contributed by atoms with Crippen LogP contribution in [0.25, 0.3) is 0 Å². The van der Waals surface area contributed by atoms with E-state index in [0.29, 0.717) is 16.7 Å². The summed E-state index contributed by atoms with van der Waals surface area (Å²) in [6.45, 7) is 5.18. The fraction of sp³-hybridized carbons (Fsp3) is 0.810. The number of hydrogen-bond acceptors (Lipinski definition) is 0. The predicted octanol–water partition coefficient (Wildman–Crippen LogP) is 5.59. The van der Waals surface area contributed by atoms with Gasteiger partial charge in [-0.25, -0.2) is 0 Å². The summed E-state index contributed by atoms with van der Waals surface area (Å²) in [5.74, 6) is 6.48. The Balaban J connectivity index is 1.66. The minimum Gasteiger partial charge on any atom is -0.120 e. The molecule has 0 bridgehead atoms. The molecule has 0 aliphatic heterocycles. The van der Waals surface area contributed by atoms with Gasteiger partial charge in [0.2, 0.25) is 0 Å². The van der Waals surface area contributed by atoms with Crippen LogP contribution in [-0.4, -0.2) is 0 Å². The van der Waals surface area contributed by atoms with Gasteiger partial charge < -0.3 is 0 Å². The molecule has 0 heterocycles. The van der Waals surface area contributed by atoms with Crippen molar-refractivity contribution >= 4 is 0 Å². The van der Waals surface area contributed by atoms with Gasteiger partial charge in [0, 0.05) is 5.92 Å². The number of allylic oxidation sites excluding steroid dienone is 2. The molecule has 0 amide bonds. The summed E-state index contributed by atoms with van der Waals surface area (Å²) in [7, 11) is 0. The normalized spacial score (nSPS) is 52.1. The van der Waals surface area contributed by atoms with Crippen LogP contribution in [0.1, 0.15) is 71.6 Å². The van der Waals surface area contributed by atoms with Crippen LogP contribution >= 0.6 is 0 Å². The largest absolute Gasteiger partial charge is 0.120 e. The van der Waals surface area contributed by atoms with Crippen molar-refractivity contribution in [2.24, 2.45) is 34.5 Å². The summed E-state index contributed by atoms with van der Waals surface area (Å²) >= 11 is 0. The van der Waals surface area contributed by atoms with Crippen LogP contribution in [0.15, 0.2) is 11.6 Å². The molecule has 0 spiro atoms. The number of hydrogen-bond donors (Lipinski definition) is 0. The highest BCUT2D eigenvalue weighted by Crippen LogP contribution is 2.65. The second-order valence-electron chi connectivity index (χ2n) is 8.95. The van der Waals surface area contributed by atoms with Gasteiger partial charge in [0.1, 0.15) is 0 Å². The van der Waals surface area contributed by atoms with Crippen LogP contribution < -0.4 is 0 Å². The lowest BCUT2D eigenvalue weighted by atomic mass is 9.48. The number of terminal acetylenes is 1. The summed E-state index contributed by atoms with van der Waals surface area (Å²) in [5, 5.41) is 0. The zero-order valence-electron chi connectivity index (χ0n) is 13.8. The maximum Gasteiger partial charge on any atom is 0.0237 e. The molecule has 114 valence electrons. The van der Waals surface area contributed by atoms with E-state index in [-0.39, 0.29) is 0 Å². The zero-order valence-corrected chi connectivity index (χ0v) is 13.8. The van der Waals surface area contributed by atoms with Gasteiger partial charge in [-0.3, -0.25) is 0 Å². The van der Waals surface area contributed by atoms with Crippen molar-refractivity contribution < 1.29 is 0 Å². The Bertz CT molecular complexity index is 507. The van der Waals surface area contributed by atoms with Crippen LogP contribution in [0.2, 0.25) is 0 Å². The summed E-state index contributed by atoms with van der Waals surface area (Å²) in [6, 6.07) is 0. The molecule has 21 heavy (non-hydrogen) atoms. The zero-order chi connectivity index (χ0) is 14.7. The third kappa shape index (κ3) is 1.89. The maximum absolute atomic E-state index is 5.71. The molecule has 0 unspecified atom stereocenters. The second kappa shape index (κ2) is 4.65. The minimum absolute atomic E-state index is 0.486. The van der Waals surface area contributed by atoms with Crippen LogP contribution in [0, 0.1) is 46.8 Å². The van der Waals surface area contributed by atoms with Crippen molar-refractivity contribution in [1.82, 2.24) is 0 Å². The van der Waals surface area contributed by atoms with Gasteiger partial charge in [0.15, 0.2) is 0 Å². The maximum atomic E-state index is 5.71. The topological polar surface area (TPSA) is 0 Å². The monoisotopic (exact) mass is 282 g/mol. The molecule has 0 N–H and O–H groups in total. The number of fused-ring (bicyclic) bond motifs is 5. The summed E-state index contributed by atoms with van der Waals surface area (Å²) in [4.78, 5) is 0. The third-order valence-corrected chi connectivity index (χ3v) is 8.12. The van der Waals surface area contributed by atoms with Crippen LogP contribution in [0.5, 0.6) is 0 Å². The standard InChI is InChI=1S/C21H30/c1-4-15-9-13-21(3)16(14-15)7-8-17-18-6-5-11-20(18,2)12-10-19(17)21/h1,7,15,17-19H,5-6,8-14H2,2-3H3/t15-,17-,18-,19-,20-,21-/m0/s1. The van der Waals surface area contributed by atoms with Crippen LogP contribution in [0.3, 0.4) is 0 Å². The predicted molar refractivity (Wildman–Crippen MR) is 88.6 cm³/mol. The van der Waals surface area contributed by atoms with E-state index in [4.69, 9.17) is 6.42 Å². The van der Waals surface area contributed by atoms with Crippen molar-refractivity contribution in [2.45, 2.75) is 71.6 Å². The molecular formula is C21H30. The Morgan fingerprint density at radius 3 is 2.76 bits per heavy atom. The summed E-state index contributed by atoms with van der Waals surface area (Å²) < 4.78 is 0. The van der Waals surface area contributed by atoms with Gasteiger partial charge in [-0.2, -0.15) is 0 Å². The molecule has 0 nitrogen and oxygen atoms in total. The minimum atomic E-state index is 0.486. The van der Waals surface area contributed by atoms with Gasteiger partial charge in [-0.05, 0) is 80.0 Å². The van der Waals surface area contributed by atoms with E-state index in [2.05, 4.69) is 25.8 Å². The average molecular weight is 282 g/mol. The summed E-state index contributed by atoms with van der Waals surface area (Å²) in [5.41, 5.74) is 2.90. The van der Waals surface area contributed by atoms with Crippen LogP contribution in [-0.2, 0) is 0 Å². The van der Waals surface area contributed by atoms with Crippen LogP contribution in [0.4, 0.5) is 0 Å². The smallest absolute Gasteiger partial charge is 0.0237 e. The quantitative estimate of drug-likeness (QED) is 0.401. The third-order valence-electron chi connectivity index (χ3n) is 8.12. The van der Waals surface area contributed by atoms with Crippen molar-refractivity contribution in [3.63, 3.8) is 0 Å². The summed E-state index contributed by atoms with van der Waals surface area (Å²) in [6.07, 6.45) is 20.9. The van der Waals surface area contributed by atoms with Gasteiger partial charge in [0.05, 0.1) is 0 Å². The Labute approximate surface area is 130 Å². The van der Waals surface area contributed by atoms with E-state index in [0.717, 1.165) is 17.8 Å². The van der Waals surface area contributed by atoms with Crippen molar-refractivity contribution in [2.75, 3.05) is 0 Å². The first-order chi connectivity index (χ1) is 10.1. The van der Waals surface area contributed by atoms with Gasteiger partial charge in [-0.15, -0.1) is 12.3 Å². The molecule has 6 atom stereocenters. The Morgan fingerprint density at radius 2 is 1.95 bits per heavy atom. The molecular weight excluding hydrogens is 252 g/mol. The molecule has 0 aromatic carbocycles. The molecule has 0 saturated heterocycles. The first-order valence-corrected chi connectivity index (χ1v) is 9.22. The second-order valence-corrected chi connectivity index (χ2v) is 8.95. The molecule has 0 radical (unpaired) electrons.